The SMILES string of the molecule is CCCC/C=C\CCCCCCCC(=O)OC(COCCCCCCCCCCC/C=C\C/C=C\C/C=C\CCCCCCC)COP(=O)(O)OCC[N+](C)(C)C. The van der Waals surface area contributed by atoms with Crippen LogP contribution in [0.1, 0.15) is 194 Å². The van der Waals surface area contributed by atoms with Gasteiger partial charge in [0.2, 0.25) is 0 Å². The van der Waals surface area contributed by atoms with Crippen LogP contribution < -0.4 is 0 Å². The second-order valence-electron chi connectivity index (χ2n) is 16.8. The number of allylic oxidation sites excluding steroid dienone is 8. The van der Waals surface area contributed by atoms with Crippen LogP contribution in [0.2, 0.25) is 0 Å². The lowest BCUT2D eigenvalue weighted by Crippen LogP contribution is -2.37. The van der Waals surface area contributed by atoms with Crippen molar-refractivity contribution in [3.05, 3.63) is 48.6 Å². The maximum Gasteiger partial charge on any atom is 0.472 e. The lowest BCUT2D eigenvalue weighted by atomic mass is 10.1. The smallest absolute Gasteiger partial charge is 0.457 e. The van der Waals surface area contributed by atoms with Crippen molar-refractivity contribution in [2.45, 2.75) is 200 Å². The maximum absolute atomic E-state index is 12.7. The van der Waals surface area contributed by atoms with Gasteiger partial charge in [-0.2, -0.15) is 0 Å². The van der Waals surface area contributed by atoms with Crippen molar-refractivity contribution in [3.63, 3.8) is 0 Å². The van der Waals surface area contributed by atoms with Crippen molar-refractivity contribution < 1.29 is 37.3 Å². The highest BCUT2D eigenvalue weighted by atomic mass is 31.2. The Hall–Kier alpha value is -1.54. The van der Waals surface area contributed by atoms with Crippen molar-refractivity contribution >= 4 is 13.8 Å². The summed E-state index contributed by atoms with van der Waals surface area (Å²) < 4.78 is 35.0. The average molecular weight is 825 g/mol. The minimum absolute atomic E-state index is 0.0846. The third kappa shape index (κ3) is 45.4. The van der Waals surface area contributed by atoms with E-state index >= 15 is 0 Å². The first-order valence-electron chi connectivity index (χ1n) is 23.4. The number of rotatable bonds is 43. The summed E-state index contributed by atoms with van der Waals surface area (Å²) in [5.74, 6) is -0.327. The molecule has 8 nitrogen and oxygen atoms in total. The van der Waals surface area contributed by atoms with E-state index in [1.807, 2.05) is 21.1 Å². The fourth-order valence-corrected chi connectivity index (χ4v) is 6.93. The number of likely N-dealkylation sites (N-methyl/N-ethyl adjacent to an activating group) is 1. The molecule has 0 fully saturated rings. The number of phosphoric ester groups is 1. The minimum atomic E-state index is -4.28. The van der Waals surface area contributed by atoms with Crippen LogP contribution in [-0.4, -0.2) is 75.6 Å². The number of esters is 1. The van der Waals surface area contributed by atoms with Crippen molar-refractivity contribution in [2.24, 2.45) is 0 Å². The van der Waals surface area contributed by atoms with Gasteiger partial charge in [-0.3, -0.25) is 13.8 Å². The number of carbonyl (C=O) groups excluding carboxylic acids is 1. The normalized spacial score (nSPS) is 14.1. The molecule has 2 unspecified atom stereocenters. The van der Waals surface area contributed by atoms with E-state index in [4.69, 9.17) is 18.5 Å². The molecule has 0 aliphatic carbocycles. The number of hydrogen-bond acceptors (Lipinski definition) is 6. The summed E-state index contributed by atoms with van der Waals surface area (Å²) in [6, 6.07) is 0. The Morgan fingerprint density at radius 3 is 1.51 bits per heavy atom. The summed E-state index contributed by atoms with van der Waals surface area (Å²) >= 11 is 0. The molecule has 0 aromatic rings. The Morgan fingerprint density at radius 2 is 0.982 bits per heavy atom. The van der Waals surface area contributed by atoms with Crippen molar-refractivity contribution in [1.29, 1.82) is 0 Å². The summed E-state index contributed by atoms with van der Waals surface area (Å²) in [4.78, 5) is 22.8. The summed E-state index contributed by atoms with van der Waals surface area (Å²) in [7, 11) is 1.65. The second-order valence-corrected chi connectivity index (χ2v) is 18.2. The molecule has 0 aliphatic heterocycles. The number of nitrogens with zero attached hydrogens (tertiary/aromatic N) is 1. The zero-order chi connectivity index (χ0) is 42.0. The largest absolute Gasteiger partial charge is 0.472 e. The Morgan fingerprint density at radius 1 is 0.544 bits per heavy atom. The van der Waals surface area contributed by atoms with Gasteiger partial charge in [-0.25, -0.2) is 4.57 Å². The first-order valence-corrected chi connectivity index (χ1v) is 24.9. The molecule has 1 N–H and O–H groups in total. The first kappa shape index (κ1) is 55.5. The molecule has 0 aromatic heterocycles. The highest BCUT2D eigenvalue weighted by Crippen LogP contribution is 2.43. The molecule has 0 radical (unpaired) electrons. The molecule has 2 atom stereocenters. The zero-order valence-electron chi connectivity index (χ0n) is 37.8. The zero-order valence-corrected chi connectivity index (χ0v) is 38.7. The predicted molar refractivity (Wildman–Crippen MR) is 243 cm³/mol. The van der Waals surface area contributed by atoms with Crippen LogP contribution in [0.3, 0.4) is 0 Å². The van der Waals surface area contributed by atoms with E-state index in [0.29, 0.717) is 24.1 Å². The number of carbonyl (C=O) groups is 1. The van der Waals surface area contributed by atoms with Crippen LogP contribution in [0.5, 0.6) is 0 Å². The van der Waals surface area contributed by atoms with Gasteiger partial charge in [0.25, 0.3) is 0 Å². The number of quaternary nitrogens is 1. The van der Waals surface area contributed by atoms with Crippen LogP contribution in [-0.2, 0) is 27.9 Å². The highest BCUT2D eigenvalue weighted by Gasteiger charge is 2.26. The Labute approximate surface area is 352 Å². The summed E-state index contributed by atoms with van der Waals surface area (Å²) in [5.41, 5.74) is 0. The molecule has 0 aliphatic rings. The van der Waals surface area contributed by atoms with Gasteiger partial charge in [-0.1, -0.05) is 165 Å². The van der Waals surface area contributed by atoms with Crippen molar-refractivity contribution in [2.75, 3.05) is 54.1 Å². The van der Waals surface area contributed by atoms with Gasteiger partial charge >= 0.3 is 13.8 Å². The van der Waals surface area contributed by atoms with E-state index in [1.54, 1.807) is 0 Å². The average Bonchev–Trinajstić information content (AvgIpc) is 3.16. The summed E-state index contributed by atoms with van der Waals surface area (Å²) in [6.45, 7) is 5.55. The third-order valence-electron chi connectivity index (χ3n) is 9.86. The molecule has 0 saturated carbocycles. The lowest BCUT2D eigenvalue weighted by molar-refractivity contribution is -0.870. The molecule has 0 aromatic carbocycles. The number of ether oxygens (including phenoxy) is 2. The van der Waals surface area contributed by atoms with E-state index in [1.165, 1.54) is 116 Å². The Balaban J connectivity index is 4.12. The highest BCUT2D eigenvalue weighted by molar-refractivity contribution is 7.47. The van der Waals surface area contributed by atoms with E-state index in [-0.39, 0.29) is 25.8 Å². The maximum atomic E-state index is 12.7. The van der Waals surface area contributed by atoms with E-state index in [9.17, 15) is 14.3 Å². The van der Waals surface area contributed by atoms with Gasteiger partial charge in [0.15, 0.2) is 0 Å². The van der Waals surface area contributed by atoms with Crippen LogP contribution in [0.15, 0.2) is 48.6 Å². The topological polar surface area (TPSA) is 91.3 Å². The molecule has 0 rings (SSSR count). The fraction of sp³-hybridized carbons (Fsp3) is 0.812. The van der Waals surface area contributed by atoms with Gasteiger partial charge in [0, 0.05) is 13.0 Å². The van der Waals surface area contributed by atoms with Crippen LogP contribution in [0, 0.1) is 0 Å². The van der Waals surface area contributed by atoms with E-state index < -0.39 is 13.9 Å². The predicted octanol–water partition coefficient (Wildman–Crippen LogP) is 13.9. The van der Waals surface area contributed by atoms with Crippen LogP contribution in [0.25, 0.3) is 0 Å². The van der Waals surface area contributed by atoms with Crippen molar-refractivity contribution in [3.8, 4) is 0 Å². The van der Waals surface area contributed by atoms with Gasteiger partial charge < -0.3 is 18.9 Å². The molecule has 9 heteroatoms. The third-order valence-corrected chi connectivity index (χ3v) is 10.8. The van der Waals surface area contributed by atoms with Crippen LogP contribution >= 0.6 is 7.82 Å². The second kappa shape index (κ2) is 41.2. The molecular formula is C48H91NO7P+. The summed E-state index contributed by atoms with van der Waals surface area (Å²) in [5, 5.41) is 0. The first-order chi connectivity index (χ1) is 27.6. The van der Waals surface area contributed by atoms with E-state index in [2.05, 4.69) is 62.5 Å². The number of unbranched alkanes of at least 4 members (excludes halogenated alkanes) is 21. The molecule has 334 valence electrons. The lowest BCUT2D eigenvalue weighted by Gasteiger charge is -2.24. The molecule has 0 spiro atoms. The van der Waals surface area contributed by atoms with Gasteiger partial charge in [-0.05, 0) is 70.6 Å². The fourth-order valence-electron chi connectivity index (χ4n) is 6.19. The van der Waals surface area contributed by atoms with Crippen LogP contribution in [0.4, 0.5) is 0 Å². The molecule has 0 heterocycles. The van der Waals surface area contributed by atoms with E-state index in [0.717, 1.165) is 57.8 Å². The van der Waals surface area contributed by atoms with Gasteiger partial charge in [0.05, 0.1) is 34.4 Å². The quantitative estimate of drug-likeness (QED) is 0.0215. The molecular weight excluding hydrogens is 734 g/mol. The van der Waals surface area contributed by atoms with Gasteiger partial charge in [0.1, 0.15) is 19.3 Å². The minimum Gasteiger partial charge on any atom is -0.457 e. The Kier molecular flexibility index (Phi) is 40.1. The molecule has 0 bridgehead atoms. The summed E-state index contributed by atoms with van der Waals surface area (Å²) in [6.07, 6.45) is 50.1. The molecule has 57 heavy (non-hydrogen) atoms. The molecule has 0 amide bonds. The Bertz CT molecular complexity index is 1050. The van der Waals surface area contributed by atoms with Crippen molar-refractivity contribution in [1.82, 2.24) is 0 Å². The number of phosphoric acid groups is 1. The van der Waals surface area contributed by atoms with Gasteiger partial charge in [-0.15, -0.1) is 0 Å². The monoisotopic (exact) mass is 825 g/mol. The number of hydrogen-bond donors (Lipinski definition) is 1. The molecule has 0 saturated heterocycles. The standard InChI is InChI=1S/C48H90NO7P/c1-6-8-10-12-14-16-18-19-20-21-22-23-24-25-26-27-28-29-30-32-34-36-38-40-43-53-45-47(46-55-57(51,52)54-44-42-49(3,4)5)56-48(50)41-39-37-35-33-31-17-15-13-11-9-7-2/h13,15,18-19,21-22,24-25,47H,6-12,14,16-17,20,23,26-46H2,1-5H3/p+1/b15-13-,19-18-,22-21-,25-24-.